The van der Waals surface area contributed by atoms with Gasteiger partial charge < -0.3 is 9.47 Å². The van der Waals surface area contributed by atoms with Crippen molar-refractivity contribution in [1.82, 2.24) is 0 Å². The van der Waals surface area contributed by atoms with Gasteiger partial charge in [-0.3, -0.25) is 0 Å². The summed E-state index contributed by atoms with van der Waals surface area (Å²) in [5.74, 6) is 0. The quantitative estimate of drug-likeness (QED) is 0.480. The Kier molecular flexibility index (Phi) is 5.09. The Morgan fingerprint density at radius 3 is 3.00 bits per heavy atom. The predicted molar refractivity (Wildman–Crippen MR) is 48.7 cm³/mol. The molecule has 0 aromatic carbocycles. The fourth-order valence-corrected chi connectivity index (χ4v) is 1.31. The lowest BCUT2D eigenvalue weighted by atomic mass is 10.2. The highest BCUT2D eigenvalue weighted by atomic mass is 31.0. The van der Waals surface area contributed by atoms with Crippen LogP contribution >= 0.6 is 9.24 Å². The van der Waals surface area contributed by atoms with Crippen molar-refractivity contribution in [2.45, 2.75) is 32.0 Å². The molecule has 0 spiro atoms. The molecule has 2 atom stereocenters. The summed E-state index contributed by atoms with van der Waals surface area (Å²) in [7, 11) is 2.70. The van der Waals surface area contributed by atoms with E-state index in [1.165, 1.54) is 12.8 Å². The molecule has 11 heavy (non-hydrogen) atoms. The number of rotatable bonds is 4. The van der Waals surface area contributed by atoms with E-state index in [9.17, 15) is 0 Å². The molecular weight excluding hydrogens is 159 g/mol. The smallest absolute Gasteiger partial charge is 0.157 e. The van der Waals surface area contributed by atoms with Crippen LogP contribution in [-0.4, -0.2) is 25.7 Å². The van der Waals surface area contributed by atoms with E-state index >= 15 is 0 Å². The summed E-state index contributed by atoms with van der Waals surface area (Å²) in [4.78, 5) is 0. The van der Waals surface area contributed by atoms with Crippen molar-refractivity contribution < 1.29 is 9.47 Å². The molecule has 0 aliphatic carbocycles. The maximum Gasteiger partial charge on any atom is 0.157 e. The molecule has 1 aliphatic heterocycles. The normalized spacial score (nSPS) is 25.4. The van der Waals surface area contributed by atoms with Gasteiger partial charge in [0.05, 0.1) is 6.61 Å². The van der Waals surface area contributed by atoms with Gasteiger partial charge in [-0.2, -0.15) is 0 Å². The largest absolute Gasteiger partial charge is 0.353 e. The monoisotopic (exact) mass is 176 g/mol. The van der Waals surface area contributed by atoms with Crippen LogP contribution in [0, 0.1) is 0 Å². The fourth-order valence-electron chi connectivity index (χ4n) is 1.14. The van der Waals surface area contributed by atoms with Crippen molar-refractivity contribution in [3.05, 3.63) is 0 Å². The first-order valence-corrected chi connectivity index (χ1v) is 5.18. The minimum atomic E-state index is 0.0975. The summed E-state index contributed by atoms with van der Waals surface area (Å²) in [5.41, 5.74) is 0. The molecular formula is C8H17O2P. The van der Waals surface area contributed by atoms with Crippen LogP contribution in [0.2, 0.25) is 0 Å². The molecule has 0 bridgehead atoms. The molecule has 1 fully saturated rings. The van der Waals surface area contributed by atoms with Crippen molar-refractivity contribution in [2.24, 2.45) is 0 Å². The highest BCUT2D eigenvalue weighted by Crippen LogP contribution is 2.13. The first kappa shape index (κ1) is 9.44. The topological polar surface area (TPSA) is 18.5 Å². The summed E-state index contributed by atoms with van der Waals surface area (Å²) in [6.07, 6.45) is 5.86. The van der Waals surface area contributed by atoms with Crippen LogP contribution < -0.4 is 0 Å². The first-order valence-electron chi connectivity index (χ1n) is 4.37. The molecule has 66 valence electrons. The van der Waals surface area contributed by atoms with Gasteiger partial charge in [-0.15, -0.1) is 9.24 Å². The molecule has 0 amide bonds. The molecule has 0 aromatic rings. The molecule has 1 heterocycles. The van der Waals surface area contributed by atoms with Crippen molar-refractivity contribution >= 4 is 9.24 Å². The Hall–Kier alpha value is 0.350. The molecule has 1 saturated heterocycles. The van der Waals surface area contributed by atoms with Gasteiger partial charge in [0, 0.05) is 6.61 Å². The van der Waals surface area contributed by atoms with Crippen LogP contribution in [0.15, 0.2) is 0 Å². The number of hydrogen-bond donors (Lipinski definition) is 0. The van der Waals surface area contributed by atoms with E-state index in [0.717, 1.165) is 32.2 Å². The summed E-state index contributed by atoms with van der Waals surface area (Å²) in [6.45, 7) is 1.72. The van der Waals surface area contributed by atoms with Gasteiger partial charge in [-0.1, -0.05) is 0 Å². The lowest BCUT2D eigenvalue weighted by Gasteiger charge is -2.22. The number of ether oxygens (including phenoxy) is 2. The van der Waals surface area contributed by atoms with Crippen LogP contribution in [0.1, 0.15) is 25.7 Å². The van der Waals surface area contributed by atoms with Gasteiger partial charge in [-0.05, 0) is 31.8 Å². The van der Waals surface area contributed by atoms with E-state index in [1.54, 1.807) is 0 Å². The van der Waals surface area contributed by atoms with Crippen LogP contribution in [0.5, 0.6) is 0 Å². The first-order chi connectivity index (χ1) is 5.43. The van der Waals surface area contributed by atoms with E-state index in [-0.39, 0.29) is 6.29 Å². The zero-order valence-electron chi connectivity index (χ0n) is 6.92. The van der Waals surface area contributed by atoms with Crippen molar-refractivity contribution in [2.75, 3.05) is 19.4 Å². The predicted octanol–water partition coefficient (Wildman–Crippen LogP) is 1.79. The Labute approximate surface area is 70.8 Å². The lowest BCUT2D eigenvalue weighted by molar-refractivity contribution is -0.162. The van der Waals surface area contributed by atoms with E-state index in [2.05, 4.69) is 9.24 Å². The molecule has 3 heteroatoms. The second-order valence-corrected chi connectivity index (χ2v) is 3.39. The van der Waals surface area contributed by atoms with Crippen molar-refractivity contribution in [1.29, 1.82) is 0 Å². The standard InChI is InChI=1S/C8H17O2P/c11-7-3-6-10-8-4-1-2-5-9-8/h8H,1-7,11H2. The van der Waals surface area contributed by atoms with Crippen LogP contribution in [0.25, 0.3) is 0 Å². The van der Waals surface area contributed by atoms with Crippen LogP contribution in [0.4, 0.5) is 0 Å². The Bertz CT molecular complexity index is 92.1. The molecule has 0 aromatic heterocycles. The second-order valence-electron chi connectivity index (χ2n) is 2.81. The average molecular weight is 176 g/mol. The highest BCUT2D eigenvalue weighted by Gasteiger charge is 2.12. The van der Waals surface area contributed by atoms with Crippen molar-refractivity contribution in [3.63, 3.8) is 0 Å². The maximum absolute atomic E-state index is 5.49. The third-order valence-corrected chi connectivity index (χ3v) is 2.20. The summed E-state index contributed by atoms with van der Waals surface area (Å²) < 4.78 is 10.9. The van der Waals surface area contributed by atoms with Gasteiger partial charge in [0.2, 0.25) is 0 Å². The lowest BCUT2D eigenvalue weighted by Crippen LogP contribution is -2.22. The van der Waals surface area contributed by atoms with Crippen molar-refractivity contribution in [3.8, 4) is 0 Å². The number of hydrogen-bond acceptors (Lipinski definition) is 2. The van der Waals surface area contributed by atoms with E-state index in [0.29, 0.717) is 0 Å². The van der Waals surface area contributed by atoms with Gasteiger partial charge in [-0.25, -0.2) is 0 Å². The van der Waals surface area contributed by atoms with E-state index in [4.69, 9.17) is 9.47 Å². The van der Waals surface area contributed by atoms with Crippen LogP contribution in [0.3, 0.4) is 0 Å². The summed E-state index contributed by atoms with van der Waals surface area (Å²) in [5, 5.41) is 0. The summed E-state index contributed by atoms with van der Waals surface area (Å²) in [6, 6.07) is 0. The second kappa shape index (κ2) is 5.93. The summed E-state index contributed by atoms with van der Waals surface area (Å²) >= 11 is 0. The Balaban J connectivity index is 1.96. The molecule has 1 aliphatic rings. The maximum atomic E-state index is 5.49. The minimum Gasteiger partial charge on any atom is -0.353 e. The molecule has 0 radical (unpaired) electrons. The van der Waals surface area contributed by atoms with Gasteiger partial charge in [0.1, 0.15) is 0 Å². The molecule has 1 rings (SSSR count). The SMILES string of the molecule is PCCCOC1CCCCO1. The highest BCUT2D eigenvalue weighted by molar-refractivity contribution is 7.16. The van der Waals surface area contributed by atoms with Gasteiger partial charge in [0.15, 0.2) is 6.29 Å². The Morgan fingerprint density at radius 2 is 2.36 bits per heavy atom. The van der Waals surface area contributed by atoms with Gasteiger partial charge in [0.25, 0.3) is 0 Å². The zero-order chi connectivity index (χ0) is 7.94. The fraction of sp³-hybridized carbons (Fsp3) is 1.00. The third-order valence-electron chi connectivity index (χ3n) is 1.79. The molecule has 0 saturated carbocycles. The third kappa shape index (κ3) is 4.05. The Morgan fingerprint density at radius 1 is 1.45 bits per heavy atom. The zero-order valence-corrected chi connectivity index (χ0v) is 8.08. The average Bonchev–Trinajstić information content (AvgIpc) is 2.07. The van der Waals surface area contributed by atoms with E-state index < -0.39 is 0 Å². The molecule has 2 nitrogen and oxygen atoms in total. The van der Waals surface area contributed by atoms with Gasteiger partial charge >= 0.3 is 0 Å². The van der Waals surface area contributed by atoms with E-state index in [1.807, 2.05) is 0 Å². The van der Waals surface area contributed by atoms with Crippen LogP contribution in [-0.2, 0) is 9.47 Å². The molecule has 0 N–H and O–H groups in total. The molecule has 2 unspecified atom stereocenters. The minimum absolute atomic E-state index is 0.0975.